The van der Waals surface area contributed by atoms with Crippen LogP contribution in [-0.2, 0) is 4.74 Å². The van der Waals surface area contributed by atoms with Gasteiger partial charge in [0.1, 0.15) is 0 Å². The van der Waals surface area contributed by atoms with Gasteiger partial charge in [-0.05, 0) is 69.0 Å². The molecule has 2 atom stereocenters. The van der Waals surface area contributed by atoms with Gasteiger partial charge in [-0.2, -0.15) is 0 Å². The molecule has 2 aromatic rings. The van der Waals surface area contributed by atoms with Gasteiger partial charge < -0.3 is 20.7 Å². The summed E-state index contributed by atoms with van der Waals surface area (Å²) in [7, 11) is 0. The Morgan fingerprint density at radius 3 is 2.36 bits per heavy atom. The number of carbonyl (C=O) groups excluding carboxylic acids is 2. The summed E-state index contributed by atoms with van der Waals surface area (Å²) in [5, 5.41) is 8.52. The van der Waals surface area contributed by atoms with E-state index in [0.29, 0.717) is 23.0 Å². The first-order valence-electron chi connectivity index (χ1n) is 9.76. The molecule has 28 heavy (non-hydrogen) atoms. The number of anilines is 2. The van der Waals surface area contributed by atoms with Crippen molar-refractivity contribution < 1.29 is 14.3 Å². The lowest BCUT2D eigenvalue weighted by Crippen LogP contribution is -2.33. The third-order valence-electron chi connectivity index (χ3n) is 4.76. The van der Waals surface area contributed by atoms with Gasteiger partial charge in [0.15, 0.2) is 0 Å². The van der Waals surface area contributed by atoms with E-state index >= 15 is 0 Å². The average molecular weight is 381 g/mol. The Morgan fingerprint density at radius 1 is 1.04 bits per heavy atom. The molecular weight excluding hydrogens is 354 g/mol. The molecule has 0 bridgehead atoms. The maximum Gasteiger partial charge on any atom is 0.323 e. The minimum absolute atomic E-state index is 0.0890. The zero-order chi connectivity index (χ0) is 19.8. The minimum Gasteiger partial charge on any atom is -0.378 e. The van der Waals surface area contributed by atoms with E-state index in [9.17, 15) is 9.59 Å². The Balaban J connectivity index is 1.44. The Kier molecular flexibility index (Phi) is 7.03. The summed E-state index contributed by atoms with van der Waals surface area (Å²) >= 11 is 0. The molecule has 3 rings (SSSR count). The maximum absolute atomic E-state index is 12.4. The molecule has 1 fully saturated rings. The van der Waals surface area contributed by atoms with Gasteiger partial charge in [0.05, 0.1) is 6.10 Å². The van der Waals surface area contributed by atoms with Gasteiger partial charge in [0, 0.05) is 29.6 Å². The second-order valence-corrected chi connectivity index (χ2v) is 7.11. The van der Waals surface area contributed by atoms with Crippen molar-refractivity contribution in [3.63, 3.8) is 0 Å². The van der Waals surface area contributed by atoms with Gasteiger partial charge in [-0.1, -0.05) is 18.2 Å². The predicted octanol–water partition coefficient (Wildman–Crippen LogP) is 4.41. The van der Waals surface area contributed by atoms with Crippen LogP contribution in [0.25, 0.3) is 0 Å². The number of hydrogen-bond acceptors (Lipinski definition) is 3. The Bertz CT molecular complexity index is 771. The molecule has 0 aliphatic carbocycles. The average Bonchev–Trinajstić information content (AvgIpc) is 3.21. The Morgan fingerprint density at radius 2 is 1.71 bits per heavy atom. The number of hydrogen-bond donors (Lipinski definition) is 3. The first kappa shape index (κ1) is 19.9. The molecule has 6 heteroatoms. The zero-order valence-corrected chi connectivity index (χ0v) is 16.1. The number of urea groups is 1. The van der Waals surface area contributed by atoms with Gasteiger partial charge in [0.2, 0.25) is 0 Å². The van der Waals surface area contributed by atoms with Crippen molar-refractivity contribution in [2.45, 2.75) is 44.8 Å². The normalized spacial score (nSPS) is 17.0. The number of para-hydroxylation sites is 1. The highest BCUT2D eigenvalue weighted by atomic mass is 16.5. The topological polar surface area (TPSA) is 79.5 Å². The van der Waals surface area contributed by atoms with Crippen LogP contribution < -0.4 is 16.0 Å². The maximum atomic E-state index is 12.4. The van der Waals surface area contributed by atoms with E-state index in [0.717, 1.165) is 32.3 Å². The molecule has 1 saturated heterocycles. The Labute approximate surface area is 165 Å². The van der Waals surface area contributed by atoms with Crippen LogP contribution in [0.1, 0.15) is 43.0 Å². The van der Waals surface area contributed by atoms with Crippen LogP contribution in [0.3, 0.4) is 0 Å². The van der Waals surface area contributed by atoms with Crippen molar-refractivity contribution in [2.75, 3.05) is 17.2 Å². The largest absolute Gasteiger partial charge is 0.378 e. The van der Waals surface area contributed by atoms with Gasteiger partial charge in [-0.3, -0.25) is 4.79 Å². The van der Waals surface area contributed by atoms with Crippen LogP contribution in [-0.4, -0.2) is 30.7 Å². The molecule has 148 valence electrons. The molecule has 0 spiro atoms. The van der Waals surface area contributed by atoms with Gasteiger partial charge in [-0.15, -0.1) is 0 Å². The van der Waals surface area contributed by atoms with Crippen molar-refractivity contribution in [2.24, 2.45) is 0 Å². The number of nitrogens with one attached hydrogen (secondary N) is 3. The number of amides is 3. The summed E-state index contributed by atoms with van der Waals surface area (Å²) in [6.07, 6.45) is 4.46. The highest BCUT2D eigenvalue weighted by Crippen LogP contribution is 2.18. The first-order chi connectivity index (χ1) is 13.6. The highest BCUT2D eigenvalue weighted by molar-refractivity contribution is 6.00. The van der Waals surface area contributed by atoms with Crippen molar-refractivity contribution in [3.05, 3.63) is 60.2 Å². The van der Waals surface area contributed by atoms with Crippen LogP contribution in [0.5, 0.6) is 0 Å². The van der Waals surface area contributed by atoms with Crippen LogP contribution in [0.2, 0.25) is 0 Å². The summed E-state index contributed by atoms with van der Waals surface area (Å²) in [5.41, 5.74) is 1.90. The quantitative estimate of drug-likeness (QED) is 0.665. The fourth-order valence-electron chi connectivity index (χ4n) is 3.21. The fourth-order valence-corrected chi connectivity index (χ4v) is 3.21. The van der Waals surface area contributed by atoms with Gasteiger partial charge >= 0.3 is 6.03 Å². The van der Waals surface area contributed by atoms with Crippen LogP contribution in [0, 0.1) is 0 Å². The summed E-state index contributed by atoms with van der Waals surface area (Å²) in [6.45, 7) is 2.87. The van der Waals surface area contributed by atoms with E-state index in [1.807, 2.05) is 37.3 Å². The van der Waals surface area contributed by atoms with E-state index in [4.69, 9.17) is 4.74 Å². The molecule has 1 aliphatic rings. The SMILES string of the molecule is C[C@@H](CC[C@H]1CCCO1)NC(=O)c1ccc(NC(=O)Nc2ccccc2)cc1. The molecule has 0 radical (unpaired) electrons. The second-order valence-electron chi connectivity index (χ2n) is 7.11. The summed E-state index contributed by atoms with van der Waals surface area (Å²) in [4.78, 5) is 24.4. The number of carbonyl (C=O) groups is 2. The highest BCUT2D eigenvalue weighted by Gasteiger charge is 2.17. The Hall–Kier alpha value is -2.86. The van der Waals surface area contributed by atoms with Crippen molar-refractivity contribution in [1.82, 2.24) is 5.32 Å². The zero-order valence-electron chi connectivity index (χ0n) is 16.1. The van der Waals surface area contributed by atoms with E-state index in [-0.39, 0.29) is 18.0 Å². The van der Waals surface area contributed by atoms with E-state index in [1.165, 1.54) is 0 Å². The minimum atomic E-state index is -0.328. The van der Waals surface area contributed by atoms with E-state index in [1.54, 1.807) is 24.3 Å². The molecule has 0 aromatic heterocycles. The number of rotatable bonds is 7. The third-order valence-corrected chi connectivity index (χ3v) is 4.76. The second kappa shape index (κ2) is 9.90. The standard InChI is InChI=1S/C22H27N3O3/c1-16(9-14-20-8-5-15-28-20)23-21(26)17-10-12-19(13-11-17)25-22(27)24-18-6-3-2-4-7-18/h2-4,6-7,10-13,16,20H,5,8-9,14-15H2,1H3,(H,23,26)(H2,24,25,27)/t16-,20+/m0/s1. The fraction of sp³-hybridized carbons (Fsp3) is 0.364. The van der Waals surface area contributed by atoms with Crippen LogP contribution in [0.15, 0.2) is 54.6 Å². The van der Waals surface area contributed by atoms with Gasteiger partial charge in [-0.25, -0.2) is 4.79 Å². The summed E-state index contributed by atoms with van der Waals surface area (Å²) in [6, 6.07) is 15.8. The first-order valence-corrected chi connectivity index (χ1v) is 9.76. The smallest absolute Gasteiger partial charge is 0.323 e. The predicted molar refractivity (Wildman–Crippen MR) is 111 cm³/mol. The van der Waals surface area contributed by atoms with E-state index < -0.39 is 0 Å². The van der Waals surface area contributed by atoms with Gasteiger partial charge in [0.25, 0.3) is 5.91 Å². The van der Waals surface area contributed by atoms with Crippen molar-refractivity contribution in [3.8, 4) is 0 Å². The molecular formula is C22H27N3O3. The molecule has 1 aliphatic heterocycles. The molecule has 0 unspecified atom stereocenters. The molecule has 2 aromatic carbocycles. The molecule has 1 heterocycles. The molecule has 0 saturated carbocycles. The monoisotopic (exact) mass is 381 g/mol. The van der Waals surface area contributed by atoms with Crippen LogP contribution >= 0.6 is 0 Å². The van der Waals surface area contributed by atoms with Crippen molar-refractivity contribution >= 4 is 23.3 Å². The number of ether oxygens (including phenoxy) is 1. The van der Waals surface area contributed by atoms with Crippen molar-refractivity contribution in [1.29, 1.82) is 0 Å². The lowest BCUT2D eigenvalue weighted by molar-refractivity contribution is 0.0899. The molecule has 6 nitrogen and oxygen atoms in total. The third kappa shape index (κ3) is 6.09. The van der Waals surface area contributed by atoms with E-state index in [2.05, 4.69) is 16.0 Å². The lowest BCUT2D eigenvalue weighted by Gasteiger charge is -2.16. The molecule has 3 N–H and O–H groups in total. The lowest BCUT2D eigenvalue weighted by atomic mass is 10.1. The molecule has 3 amide bonds. The summed E-state index contributed by atoms with van der Waals surface area (Å²) in [5.74, 6) is -0.111. The van der Waals surface area contributed by atoms with Crippen LogP contribution in [0.4, 0.5) is 16.2 Å². The summed E-state index contributed by atoms with van der Waals surface area (Å²) < 4.78 is 5.62. The number of benzene rings is 2.